The number of nitrogens with one attached hydrogen (secondary N) is 1. The van der Waals surface area contributed by atoms with Crippen LogP contribution in [0.25, 0.3) is 5.82 Å². The minimum atomic E-state index is -0.372. The van der Waals surface area contributed by atoms with Crippen LogP contribution >= 0.6 is 0 Å². The summed E-state index contributed by atoms with van der Waals surface area (Å²) in [4.78, 5) is 30.9. The van der Waals surface area contributed by atoms with Crippen molar-refractivity contribution in [3.8, 4) is 5.82 Å². The highest BCUT2D eigenvalue weighted by Gasteiger charge is 2.27. The Morgan fingerprint density at radius 1 is 1.12 bits per heavy atom. The maximum Gasteiger partial charge on any atom is 0.338 e. The lowest BCUT2D eigenvalue weighted by molar-refractivity contribution is -0.120. The summed E-state index contributed by atoms with van der Waals surface area (Å²) in [7, 11) is 0. The van der Waals surface area contributed by atoms with E-state index in [9.17, 15) is 9.59 Å². The van der Waals surface area contributed by atoms with Gasteiger partial charge in [0.15, 0.2) is 11.6 Å². The van der Waals surface area contributed by atoms with Crippen LogP contribution in [0.3, 0.4) is 0 Å². The van der Waals surface area contributed by atoms with E-state index in [1.807, 2.05) is 29.8 Å². The first-order valence-electron chi connectivity index (χ1n) is 10.7. The zero-order chi connectivity index (χ0) is 22.5. The van der Waals surface area contributed by atoms with Crippen LogP contribution < -0.4 is 10.2 Å². The first-order chi connectivity index (χ1) is 15.5. The molecule has 0 saturated carbocycles. The second-order valence-corrected chi connectivity index (χ2v) is 7.67. The lowest BCUT2D eigenvalue weighted by Crippen LogP contribution is -2.41. The zero-order valence-electron chi connectivity index (χ0n) is 18.2. The number of benzene rings is 1. The third kappa shape index (κ3) is 4.77. The van der Waals surface area contributed by atoms with Crippen LogP contribution in [-0.4, -0.2) is 51.3 Å². The van der Waals surface area contributed by atoms with E-state index in [2.05, 4.69) is 25.4 Å². The highest BCUT2D eigenvalue weighted by Crippen LogP contribution is 2.23. The molecule has 1 aliphatic heterocycles. The normalized spacial score (nSPS) is 15.9. The summed E-state index contributed by atoms with van der Waals surface area (Å²) in [6, 6.07) is 10.6. The zero-order valence-corrected chi connectivity index (χ0v) is 18.2. The van der Waals surface area contributed by atoms with Gasteiger partial charge in [-0.2, -0.15) is 0 Å². The second kappa shape index (κ2) is 9.59. The largest absolute Gasteiger partial charge is 0.462 e. The van der Waals surface area contributed by atoms with Crippen molar-refractivity contribution < 1.29 is 14.3 Å². The number of nitrogens with zero attached hydrogens (tertiary/aromatic N) is 5. The molecule has 2 aromatic heterocycles. The third-order valence-corrected chi connectivity index (χ3v) is 5.49. The molecule has 1 unspecified atom stereocenters. The number of anilines is 2. The number of rotatable bonds is 6. The van der Waals surface area contributed by atoms with Crippen molar-refractivity contribution in [3.63, 3.8) is 0 Å². The van der Waals surface area contributed by atoms with Gasteiger partial charge in [-0.3, -0.25) is 9.36 Å². The van der Waals surface area contributed by atoms with Gasteiger partial charge in [0, 0.05) is 31.2 Å². The monoisotopic (exact) mass is 434 g/mol. The van der Waals surface area contributed by atoms with Crippen molar-refractivity contribution in [1.29, 1.82) is 0 Å². The Kier molecular flexibility index (Phi) is 6.44. The molecule has 9 heteroatoms. The number of hydrogen-bond acceptors (Lipinski definition) is 7. The molecule has 3 heterocycles. The standard InChI is InChI=1S/C23H26N6O3/c1-3-32-23(31)17-6-8-19(9-7-17)25-22(30)18-5-4-13-28(15-18)20-10-11-21(27-26-20)29-14-12-24-16(29)2/h6-12,14,18H,3-5,13,15H2,1-2H3,(H,25,30). The summed E-state index contributed by atoms with van der Waals surface area (Å²) in [5.41, 5.74) is 1.11. The van der Waals surface area contributed by atoms with E-state index in [4.69, 9.17) is 4.74 Å². The molecule has 32 heavy (non-hydrogen) atoms. The van der Waals surface area contributed by atoms with Crippen LogP contribution in [0.15, 0.2) is 48.8 Å². The van der Waals surface area contributed by atoms with Gasteiger partial charge in [0.1, 0.15) is 5.82 Å². The molecule has 1 atom stereocenters. The fourth-order valence-corrected chi connectivity index (χ4v) is 3.78. The molecule has 0 aliphatic carbocycles. The van der Waals surface area contributed by atoms with Gasteiger partial charge in [-0.15, -0.1) is 10.2 Å². The van der Waals surface area contributed by atoms with Crippen LogP contribution in [0.2, 0.25) is 0 Å². The number of piperidine rings is 1. The van der Waals surface area contributed by atoms with Gasteiger partial charge in [-0.05, 0) is 63.1 Å². The molecule has 1 aliphatic rings. The van der Waals surface area contributed by atoms with Crippen molar-refractivity contribution in [3.05, 3.63) is 60.2 Å². The number of aromatic nitrogens is 4. The number of ether oxygens (including phenoxy) is 1. The first kappa shape index (κ1) is 21.5. The van der Waals surface area contributed by atoms with E-state index in [-0.39, 0.29) is 17.8 Å². The van der Waals surface area contributed by atoms with Crippen molar-refractivity contribution in [2.45, 2.75) is 26.7 Å². The molecule has 1 N–H and O–H groups in total. The molecule has 1 fully saturated rings. The number of aryl methyl sites for hydroxylation is 1. The Morgan fingerprint density at radius 3 is 2.53 bits per heavy atom. The predicted octanol–water partition coefficient (Wildman–Crippen LogP) is 3.00. The molecule has 4 rings (SSSR count). The molecule has 0 spiro atoms. The Balaban J connectivity index is 1.37. The van der Waals surface area contributed by atoms with Gasteiger partial charge in [-0.1, -0.05) is 0 Å². The van der Waals surface area contributed by atoms with Gasteiger partial charge in [0.25, 0.3) is 0 Å². The summed E-state index contributed by atoms with van der Waals surface area (Å²) in [6.07, 6.45) is 5.27. The minimum absolute atomic E-state index is 0.0443. The Bertz CT molecular complexity index is 1080. The molecule has 3 aromatic rings. The maximum absolute atomic E-state index is 12.8. The van der Waals surface area contributed by atoms with Crippen molar-refractivity contribution >= 4 is 23.4 Å². The fourth-order valence-electron chi connectivity index (χ4n) is 3.78. The smallest absolute Gasteiger partial charge is 0.338 e. The SMILES string of the molecule is CCOC(=O)c1ccc(NC(=O)C2CCCN(c3ccc(-n4ccnc4C)nn3)C2)cc1. The quantitative estimate of drug-likeness (QED) is 0.595. The Labute approximate surface area is 186 Å². The van der Waals surface area contributed by atoms with Crippen LogP contribution in [0, 0.1) is 12.8 Å². The van der Waals surface area contributed by atoms with Gasteiger partial charge in [-0.25, -0.2) is 9.78 Å². The summed E-state index contributed by atoms with van der Waals surface area (Å²) in [5, 5.41) is 11.6. The number of amides is 1. The molecule has 1 amide bonds. The number of carbonyl (C=O) groups excluding carboxylic acids is 2. The first-order valence-corrected chi connectivity index (χ1v) is 10.7. The number of carbonyl (C=O) groups is 2. The maximum atomic E-state index is 12.8. The minimum Gasteiger partial charge on any atom is -0.462 e. The summed E-state index contributed by atoms with van der Waals surface area (Å²) < 4.78 is 6.86. The fraction of sp³-hybridized carbons (Fsp3) is 0.348. The second-order valence-electron chi connectivity index (χ2n) is 7.67. The lowest BCUT2D eigenvalue weighted by atomic mass is 9.97. The van der Waals surface area contributed by atoms with Crippen LogP contribution in [0.5, 0.6) is 0 Å². The molecule has 1 aromatic carbocycles. The van der Waals surface area contributed by atoms with Crippen LogP contribution in [-0.2, 0) is 9.53 Å². The Hall–Kier alpha value is -3.75. The van der Waals surface area contributed by atoms with E-state index in [1.165, 1.54) is 0 Å². The molecule has 1 saturated heterocycles. The van der Waals surface area contributed by atoms with Crippen molar-refractivity contribution in [1.82, 2.24) is 19.7 Å². The van der Waals surface area contributed by atoms with Gasteiger partial charge < -0.3 is 15.0 Å². The summed E-state index contributed by atoms with van der Waals surface area (Å²) >= 11 is 0. The van der Waals surface area contributed by atoms with Gasteiger partial charge in [0.2, 0.25) is 5.91 Å². The number of imidazole rings is 1. The summed E-state index contributed by atoms with van der Waals surface area (Å²) in [5.74, 6) is 1.73. The van der Waals surface area contributed by atoms with Crippen LogP contribution in [0.4, 0.5) is 11.5 Å². The average molecular weight is 435 g/mol. The van der Waals surface area contributed by atoms with E-state index in [0.717, 1.165) is 31.0 Å². The molecule has 9 nitrogen and oxygen atoms in total. The predicted molar refractivity (Wildman–Crippen MR) is 120 cm³/mol. The van der Waals surface area contributed by atoms with E-state index in [0.29, 0.717) is 30.2 Å². The van der Waals surface area contributed by atoms with Crippen LogP contribution in [0.1, 0.15) is 35.9 Å². The van der Waals surface area contributed by atoms with Crippen molar-refractivity contribution in [2.24, 2.45) is 5.92 Å². The number of esters is 1. The van der Waals surface area contributed by atoms with Gasteiger partial charge >= 0.3 is 5.97 Å². The third-order valence-electron chi connectivity index (χ3n) is 5.49. The molecular formula is C23H26N6O3. The molecule has 0 bridgehead atoms. The highest BCUT2D eigenvalue weighted by molar-refractivity contribution is 5.94. The molecule has 0 radical (unpaired) electrons. The van der Waals surface area contributed by atoms with Gasteiger partial charge in [0.05, 0.1) is 18.1 Å². The molecular weight excluding hydrogens is 408 g/mol. The Morgan fingerprint density at radius 2 is 1.88 bits per heavy atom. The molecule has 166 valence electrons. The van der Waals surface area contributed by atoms with E-state index in [1.54, 1.807) is 37.4 Å². The number of hydrogen-bond donors (Lipinski definition) is 1. The average Bonchev–Trinajstić information content (AvgIpc) is 3.25. The topological polar surface area (TPSA) is 102 Å². The highest BCUT2D eigenvalue weighted by atomic mass is 16.5. The van der Waals surface area contributed by atoms with E-state index < -0.39 is 0 Å². The summed E-state index contributed by atoms with van der Waals surface area (Å²) in [6.45, 7) is 5.40. The lowest BCUT2D eigenvalue weighted by Gasteiger charge is -2.32. The van der Waals surface area contributed by atoms with E-state index >= 15 is 0 Å². The van der Waals surface area contributed by atoms with Crippen molar-refractivity contribution in [2.75, 3.05) is 29.9 Å².